The maximum atomic E-state index is 13.8. The third-order valence-corrected chi connectivity index (χ3v) is 7.01. The standard InChI is InChI=1S/C27H33FN8O3/c1-39-24-14-20(9-12-22(24)28)16-31-26(38)23(13-18-5-3-2-4-6-18)36(27(29)30)25(37)15-19-7-10-21(11-8-19)35-17-32-33-34-35/h7-12,14,17-18,23H,2-6,13,15-16H2,1H3,(H3,29,30)(H,31,38)/t23-/m1/s1. The zero-order valence-corrected chi connectivity index (χ0v) is 21.8. The van der Waals surface area contributed by atoms with E-state index in [9.17, 15) is 14.0 Å². The van der Waals surface area contributed by atoms with Gasteiger partial charge in [0.05, 0.1) is 19.2 Å². The molecule has 1 atom stereocenters. The van der Waals surface area contributed by atoms with E-state index in [1.165, 1.54) is 30.3 Å². The normalized spacial score (nSPS) is 14.4. The molecule has 39 heavy (non-hydrogen) atoms. The molecular formula is C27H33FN8O3. The summed E-state index contributed by atoms with van der Waals surface area (Å²) in [5.74, 6) is -1.52. The van der Waals surface area contributed by atoms with Crippen LogP contribution >= 0.6 is 0 Å². The molecule has 1 aromatic heterocycles. The van der Waals surface area contributed by atoms with Gasteiger partial charge in [0.25, 0.3) is 0 Å². The molecule has 1 heterocycles. The molecule has 2 aromatic carbocycles. The smallest absolute Gasteiger partial charge is 0.243 e. The zero-order chi connectivity index (χ0) is 27.8. The summed E-state index contributed by atoms with van der Waals surface area (Å²) in [5, 5.41) is 22.1. The fourth-order valence-electron chi connectivity index (χ4n) is 4.97. The Kier molecular flexibility index (Phi) is 9.18. The van der Waals surface area contributed by atoms with E-state index >= 15 is 0 Å². The van der Waals surface area contributed by atoms with Gasteiger partial charge in [0, 0.05) is 6.54 Å². The van der Waals surface area contributed by atoms with Crippen molar-refractivity contribution >= 4 is 17.8 Å². The summed E-state index contributed by atoms with van der Waals surface area (Å²) >= 11 is 0. The first kappa shape index (κ1) is 27.7. The van der Waals surface area contributed by atoms with Gasteiger partial charge in [-0.2, -0.15) is 0 Å². The van der Waals surface area contributed by atoms with Gasteiger partial charge in [-0.25, -0.2) is 9.07 Å². The highest BCUT2D eigenvalue weighted by molar-refractivity contribution is 6.00. The van der Waals surface area contributed by atoms with E-state index in [1.807, 2.05) is 0 Å². The number of methoxy groups -OCH3 is 1. The quantitative estimate of drug-likeness (QED) is 0.266. The molecule has 0 bridgehead atoms. The molecule has 2 amide bonds. The molecule has 0 saturated heterocycles. The second-order valence-corrected chi connectivity index (χ2v) is 9.69. The van der Waals surface area contributed by atoms with Gasteiger partial charge in [0.2, 0.25) is 11.8 Å². The van der Waals surface area contributed by atoms with Crippen molar-refractivity contribution in [1.29, 1.82) is 5.41 Å². The van der Waals surface area contributed by atoms with Crippen LogP contribution in [0.15, 0.2) is 48.8 Å². The highest BCUT2D eigenvalue weighted by Crippen LogP contribution is 2.29. The highest BCUT2D eigenvalue weighted by Gasteiger charge is 2.34. The predicted octanol–water partition coefficient (Wildman–Crippen LogP) is 2.73. The summed E-state index contributed by atoms with van der Waals surface area (Å²) in [5.41, 5.74) is 7.97. The Labute approximate surface area is 226 Å². The Bertz CT molecular complexity index is 1280. The lowest BCUT2D eigenvalue weighted by Crippen LogP contribution is -2.55. The van der Waals surface area contributed by atoms with E-state index in [2.05, 4.69) is 20.8 Å². The van der Waals surface area contributed by atoms with Crippen LogP contribution in [-0.2, 0) is 22.6 Å². The lowest BCUT2D eigenvalue weighted by Gasteiger charge is -2.33. The molecule has 1 aliphatic rings. The number of guanidine groups is 1. The van der Waals surface area contributed by atoms with Crippen LogP contribution in [0, 0.1) is 17.1 Å². The third-order valence-electron chi connectivity index (χ3n) is 7.01. The van der Waals surface area contributed by atoms with Crippen molar-refractivity contribution < 1.29 is 18.7 Å². The van der Waals surface area contributed by atoms with Gasteiger partial charge in [-0.1, -0.05) is 50.3 Å². The lowest BCUT2D eigenvalue weighted by molar-refractivity contribution is -0.136. The number of ether oxygens (including phenoxy) is 1. The third kappa shape index (κ3) is 7.15. The number of halogens is 1. The minimum absolute atomic E-state index is 0.0426. The summed E-state index contributed by atoms with van der Waals surface area (Å²) in [6.07, 6.45) is 7.02. The van der Waals surface area contributed by atoms with Crippen molar-refractivity contribution in [2.75, 3.05) is 7.11 Å². The van der Waals surface area contributed by atoms with Gasteiger partial charge >= 0.3 is 0 Å². The van der Waals surface area contributed by atoms with E-state index in [0.29, 0.717) is 17.5 Å². The number of aromatic nitrogens is 4. The SMILES string of the molecule is COc1cc(CNC(=O)[C@@H](CC2CCCCC2)N(C(=N)N)C(=O)Cc2ccc(-n3cnnn3)cc2)ccc1F. The maximum absolute atomic E-state index is 13.8. The molecule has 0 radical (unpaired) electrons. The topological polar surface area (TPSA) is 152 Å². The molecule has 1 aliphatic carbocycles. The number of benzene rings is 2. The van der Waals surface area contributed by atoms with E-state index in [1.54, 1.807) is 30.3 Å². The summed E-state index contributed by atoms with van der Waals surface area (Å²) < 4.78 is 20.3. The second kappa shape index (κ2) is 12.9. The molecule has 0 unspecified atom stereocenters. The van der Waals surface area contributed by atoms with Crippen LogP contribution in [0.4, 0.5) is 4.39 Å². The monoisotopic (exact) mass is 536 g/mol. The number of carbonyl (C=O) groups excluding carboxylic acids is 2. The van der Waals surface area contributed by atoms with Crippen molar-refractivity contribution in [3.8, 4) is 11.4 Å². The van der Waals surface area contributed by atoms with Crippen LogP contribution in [0.25, 0.3) is 5.69 Å². The number of tetrazole rings is 1. The highest BCUT2D eigenvalue weighted by atomic mass is 19.1. The van der Waals surface area contributed by atoms with Crippen LogP contribution < -0.4 is 15.8 Å². The van der Waals surface area contributed by atoms with Gasteiger partial charge in [-0.15, -0.1) is 5.10 Å². The summed E-state index contributed by atoms with van der Waals surface area (Å²) in [7, 11) is 1.37. The fourth-order valence-corrected chi connectivity index (χ4v) is 4.97. The molecule has 0 aliphatic heterocycles. The van der Waals surface area contributed by atoms with E-state index in [0.717, 1.165) is 42.7 Å². The van der Waals surface area contributed by atoms with Crippen LogP contribution in [0.1, 0.15) is 49.7 Å². The Hall–Kier alpha value is -4.35. The first-order valence-electron chi connectivity index (χ1n) is 12.9. The van der Waals surface area contributed by atoms with Crippen molar-refractivity contribution in [2.24, 2.45) is 11.7 Å². The molecule has 12 heteroatoms. The molecule has 4 N–H and O–H groups in total. The summed E-state index contributed by atoms with van der Waals surface area (Å²) in [6.45, 7) is 0.106. The number of rotatable bonds is 10. The maximum Gasteiger partial charge on any atom is 0.243 e. The number of hydrogen-bond acceptors (Lipinski definition) is 7. The zero-order valence-electron chi connectivity index (χ0n) is 21.8. The minimum atomic E-state index is -0.944. The van der Waals surface area contributed by atoms with E-state index in [4.69, 9.17) is 15.9 Å². The number of nitrogens with zero attached hydrogens (tertiary/aromatic N) is 5. The molecule has 3 aromatic rings. The van der Waals surface area contributed by atoms with Crippen molar-refractivity contribution in [3.63, 3.8) is 0 Å². The number of nitrogens with one attached hydrogen (secondary N) is 2. The first-order chi connectivity index (χ1) is 18.9. The fraction of sp³-hybridized carbons (Fsp3) is 0.407. The van der Waals surface area contributed by atoms with Gasteiger partial charge < -0.3 is 15.8 Å². The first-order valence-corrected chi connectivity index (χ1v) is 12.9. The molecule has 1 saturated carbocycles. The molecule has 4 rings (SSSR count). The molecule has 11 nitrogen and oxygen atoms in total. The van der Waals surface area contributed by atoms with Gasteiger partial charge in [0.15, 0.2) is 17.5 Å². The number of carbonyl (C=O) groups is 2. The summed E-state index contributed by atoms with van der Waals surface area (Å²) in [4.78, 5) is 28.1. The Morgan fingerprint density at radius 1 is 1.18 bits per heavy atom. The molecule has 1 fully saturated rings. The van der Waals surface area contributed by atoms with E-state index < -0.39 is 29.6 Å². The van der Waals surface area contributed by atoms with Gasteiger partial charge in [-0.05, 0) is 58.2 Å². The molecular weight excluding hydrogens is 503 g/mol. The largest absolute Gasteiger partial charge is 0.494 e. The average molecular weight is 537 g/mol. The van der Waals surface area contributed by atoms with Crippen molar-refractivity contribution in [1.82, 2.24) is 30.4 Å². The van der Waals surface area contributed by atoms with Crippen LogP contribution in [-0.4, -0.2) is 56.0 Å². The number of amides is 2. The molecule has 0 spiro atoms. The summed E-state index contributed by atoms with van der Waals surface area (Å²) in [6, 6.07) is 10.5. The minimum Gasteiger partial charge on any atom is -0.494 e. The van der Waals surface area contributed by atoms with Crippen molar-refractivity contribution in [2.45, 2.75) is 57.5 Å². The molecule has 206 valence electrons. The lowest BCUT2D eigenvalue weighted by atomic mass is 9.84. The second-order valence-electron chi connectivity index (χ2n) is 9.69. The van der Waals surface area contributed by atoms with Gasteiger partial charge in [0.1, 0.15) is 12.4 Å². The predicted molar refractivity (Wildman–Crippen MR) is 141 cm³/mol. The number of nitrogens with two attached hydrogens (primary N) is 1. The van der Waals surface area contributed by atoms with E-state index in [-0.39, 0.29) is 24.6 Å². The van der Waals surface area contributed by atoms with Crippen LogP contribution in [0.5, 0.6) is 5.75 Å². The van der Waals surface area contributed by atoms with Gasteiger partial charge in [-0.3, -0.25) is 19.9 Å². The average Bonchev–Trinajstić information content (AvgIpc) is 3.48. The van der Waals surface area contributed by atoms with Crippen molar-refractivity contribution in [3.05, 3.63) is 65.7 Å². The number of hydrogen-bond donors (Lipinski definition) is 3. The van der Waals surface area contributed by atoms with Crippen LogP contribution in [0.3, 0.4) is 0 Å². The van der Waals surface area contributed by atoms with Crippen LogP contribution in [0.2, 0.25) is 0 Å². The Balaban J connectivity index is 1.51. The Morgan fingerprint density at radius 2 is 1.90 bits per heavy atom. The Morgan fingerprint density at radius 3 is 2.54 bits per heavy atom.